The molecule has 1 N–H and O–H groups in total. The number of rotatable bonds is 7. The normalized spacial score (nSPS) is 15.0. The Labute approximate surface area is 189 Å². The Morgan fingerprint density at radius 2 is 1.78 bits per heavy atom. The molecular weight excluding hydrogens is 430 g/mol. The second kappa shape index (κ2) is 9.70. The van der Waals surface area contributed by atoms with E-state index in [0.717, 1.165) is 35.8 Å². The third-order valence-corrected chi connectivity index (χ3v) is 7.16. The van der Waals surface area contributed by atoms with E-state index in [1.165, 1.54) is 33.2 Å². The Hall–Kier alpha value is -2.91. The molecule has 0 aromatic heterocycles. The van der Waals surface area contributed by atoms with Crippen LogP contribution in [0.2, 0.25) is 0 Å². The van der Waals surface area contributed by atoms with E-state index in [4.69, 9.17) is 4.74 Å². The lowest BCUT2D eigenvalue weighted by atomic mass is 10.1. The average molecular weight is 460 g/mol. The molecule has 1 atom stereocenters. The van der Waals surface area contributed by atoms with Crippen molar-refractivity contribution < 1.29 is 22.7 Å². The molecule has 1 amide bonds. The van der Waals surface area contributed by atoms with E-state index in [1.807, 2.05) is 30.0 Å². The number of esters is 1. The molecule has 2 aromatic carbocycles. The van der Waals surface area contributed by atoms with Gasteiger partial charge in [-0.3, -0.25) is 4.79 Å². The van der Waals surface area contributed by atoms with Crippen LogP contribution in [0, 0.1) is 6.92 Å². The molecule has 1 fully saturated rings. The minimum atomic E-state index is -3.74. The second-order valence-corrected chi connectivity index (χ2v) is 10.2. The minimum absolute atomic E-state index is 0.00531. The van der Waals surface area contributed by atoms with Crippen LogP contribution in [0.4, 0.5) is 11.4 Å². The largest absolute Gasteiger partial charge is 0.449 e. The van der Waals surface area contributed by atoms with Gasteiger partial charge in [-0.15, -0.1) is 0 Å². The van der Waals surface area contributed by atoms with Gasteiger partial charge in [-0.1, -0.05) is 12.1 Å². The zero-order valence-corrected chi connectivity index (χ0v) is 19.6. The van der Waals surface area contributed by atoms with Gasteiger partial charge in [0.2, 0.25) is 10.0 Å². The molecule has 0 bridgehead atoms. The molecule has 32 heavy (non-hydrogen) atoms. The number of amides is 1. The Morgan fingerprint density at radius 3 is 2.41 bits per heavy atom. The summed E-state index contributed by atoms with van der Waals surface area (Å²) in [7, 11) is -0.875. The van der Waals surface area contributed by atoms with Crippen LogP contribution in [0.1, 0.15) is 35.7 Å². The maximum atomic E-state index is 13.1. The Bertz CT molecular complexity index is 1110. The molecule has 0 aliphatic carbocycles. The molecular formula is C23H29N3O5S. The van der Waals surface area contributed by atoms with Crippen molar-refractivity contribution >= 4 is 33.3 Å². The van der Waals surface area contributed by atoms with E-state index in [2.05, 4.69) is 5.32 Å². The number of benzene rings is 2. The van der Waals surface area contributed by atoms with Crippen LogP contribution >= 0.6 is 0 Å². The van der Waals surface area contributed by atoms with Gasteiger partial charge in [-0.2, -0.15) is 0 Å². The average Bonchev–Trinajstić information content (AvgIpc) is 3.27. The Balaban J connectivity index is 1.85. The van der Waals surface area contributed by atoms with Crippen LogP contribution in [0.5, 0.6) is 0 Å². The summed E-state index contributed by atoms with van der Waals surface area (Å²) in [4.78, 5) is 27.6. The van der Waals surface area contributed by atoms with Crippen molar-refractivity contribution in [3.05, 3.63) is 53.6 Å². The van der Waals surface area contributed by atoms with Gasteiger partial charge in [0.15, 0.2) is 6.10 Å². The second-order valence-electron chi connectivity index (χ2n) is 8.07. The molecule has 1 heterocycles. The van der Waals surface area contributed by atoms with Crippen molar-refractivity contribution in [2.75, 3.05) is 37.4 Å². The van der Waals surface area contributed by atoms with E-state index in [9.17, 15) is 18.0 Å². The molecule has 1 aliphatic rings. The highest BCUT2D eigenvalue weighted by Gasteiger charge is 2.27. The number of anilines is 2. The molecule has 0 saturated carbocycles. The molecule has 0 unspecified atom stereocenters. The van der Waals surface area contributed by atoms with Crippen molar-refractivity contribution in [3.8, 4) is 0 Å². The fourth-order valence-corrected chi connectivity index (χ4v) is 4.46. The predicted octanol–water partition coefficient (Wildman–Crippen LogP) is 3.03. The zero-order chi connectivity index (χ0) is 23.5. The van der Waals surface area contributed by atoms with E-state index >= 15 is 0 Å². The summed E-state index contributed by atoms with van der Waals surface area (Å²) < 4.78 is 31.7. The first-order valence-corrected chi connectivity index (χ1v) is 11.9. The van der Waals surface area contributed by atoms with Gasteiger partial charge in [0.25, 0.3) is 5.91 Å². The number of hydrogen-bond acceptors (Lipinski definition) is 6. The third-order valence-electron chi connectivity index (χ3n) is 5.35. The Kier molecular flexibility index (Phi) is 7.20. The molecule has 3 rings (SSSR count). The van der Waals surface area contributed by atoms with Crippen molar-refractivity contribution in [3.63, 3.8) is 0 Å². The van der Waals surface area contributed by atoms with Gasteiger partial charge < -0.3 is 15.0 Å². The smallest absolute Gasteiger partial charge is 0.341 e. The monoisotopic (exact) mass is 459 g/mol. The van der Waals surface area contributed by atoms with Gasteiger partial charge in [-0.05, 0) is 62.6 Å². The maximum Gasteiger partial charge on any atom is 0.341 e. The number of sulfonamides is 1. The summed E-state index contributed by atoms with van der Waals surface area (Å²) in [5.74, 6) is -1.21. The highest BCUT2D eigenvalue weighted by atomic mass is 32.2. The number of hydrogen-bond donors (Lipinski definition) is 1. The van der Waals surface area contributed by atoms with Crippen LogP contribution < -0.4 is 10.2 Å². The summed E-state index contributed by atoms with van der Waals surface area (Å²) in [6.45, 7) is 4.93. The number of carbonyl (C=O) groups is 2. The van der Waals surface area contributed by atoms with E-state index < -0.39 is 28.0 Å². The molecule has 2 aromatic rings. The first-order chi connectivity index (χ1) is 15.1. The van der Waals surface area contributed by atoms with Crippen molar-refractivity contribution in [1.82, 2.24) is 4.31 Å². The highest BCUT2D eigenvalue weighted by molar-refractivity contribution is 7.89. The van der Waals surface area contributed by atoms with Gasteiger partial charge in [0.05, 0.1) is 16.1 Å². The van der Waals surface area contributed by atoms with Crippen molar-refractivity contribution in [2.24, 2.45) is 0 Å². The fourth-order valence-electron chi connectivity index (χ4n) is 3.53. The summed E-state index contributed by atoms with van der Waals surface area (Å²) in [6, 6.07) is 11.8. The molecule has 1 aliphatic heterocycles. The number of aryl methyl sites for hydroxylation is 1. The molecule has 0 spiro atoms. The summed E-state index contributed by atoms with van der Waals surface area (Å²) in [5.41, 5.74) is 2.33. The SMILES string of the molecule is Cc1cccc(NC(=O)[C@@H](C)OC(=O)c2cc(S(=O)(=O)N(C)C)ccc2N2CCCC2)c1. The van der Waals surface area contributed by atoms with E-state index in [-0.39, 0.29) is 10.5 Å². The topological polar surface area (TPSA) is 96.0 Å². The van der Waals surface area contributed by atoms with Gasteiger partial charge in [-0.25, -0.2) is 17.5 Å². The predicted molar refractivity (Wildman–Crippen MR) is 123 cm³/mol. The molecule has 9 heteroatoms. The maximum absolute atomic E-state index is 13.1. The Morgan fingerprint density at radius 1 is 1.09 bits per heavy atom. The number of nitrogens with zero attached hydrogens (tertiary/aromatic N) is 2. The number of carbonyl (C=O) groups excluding carboxylic acids is 2. The van der Waals surface area contributed by atoms with E-state index in [0.29, 0.717) is 11.4 Å². The molecule has 8 nitrogen and oxygen atoms in total. The van der Waals surface area contributed by atoms with Gasteiger partial charge in [0, 0.05) is 32.9 Å². The molecule has 1 saturated heterocycles. The van der Waals surface area contributed by atoms with Gasteiger partial charge >= 0.3 is 5.97 Å². The van der Waals surface area contributed by atoms with Crippen LogP contribution in [-0.2, 0) is 19.6 Å². The van der Waals surface area contributed by atoms with Crippen LogP contribution in [0.15, 0.2) is 47.4 Å². The van der Waals surface area contributed by atoms with Crippen LogP contribution in [-0.4, -0.2) is 57.9 Å². The first kappa shape index (κ1) is 23.7. The molecule has 0 radical (unpaired) electrons. The van der Waals surface area contributed by atoms with Crippen LogP contribution in [0.25, 0.3) is 0 Å². The zero-order valence-electron chi connectivity index (χ0n) is 18.8. The summed E-state index contributed by atoms with van der Waals surface area (Å²) >= 11 is 0. The van der Waals surface area contributed by atoms with Crippen LogP contribution in [0.3, 0.4) is 0 Å². The van der Waals surface area contributed by atoms with Crippen molar-refractivity contribution in [1.29, 1.82) is 0 Å². The summed E-state index contributed by atoms with van der Waals surface area (Å²) in [5, 5.41) is 2.73. The molecule has 172 valence electrons. The van der Waals surface area contributed by atoms with Gasteiger partial charge in [0.1, 0.15) is 0 Å². The first-order valence-electron chi connectivity index (χ1n) is 10.5. The third kappa shape index (κ3) is 5.28. The number of ether oxygens (including phenoxy) is 1. The quantitative estimate of drug-likeness (QED) is 0.640. The number of nitrogens with one attached hydrogen (secondary N) is 1. The van der Waals surface area contributed by atoms with Crippen molar-refractivity contribution in [2.45, 2.75) is 37.7 Å². The lowest BCUT2D eigenvalue weighted by molar-refractivity contribution is -0.123. The highest BCUT2D eigenvalue weighted by Crippen LogP contribution is 2.29. The standard InChI is InChI=1S/C23H29N3O5S/c1-16-8-7-9-18(14-16)24-22(27)17(2)31-23(28)20-15-19(32(29,30)25(3)4)10-11-21(20)26-12-5-6-13-26/h7-11,14-15,17H,5-6,12-13H2,1-4H3,(H,24,27)/t17-/m1/s1. The fraction of sp³-hybridized carbons (Fsp3) is 0.391. The lowest BCUT2D eigenvalue weighted by Crippen LogP contribution is -2.31. The summed E-state index contributed by atoms with van der Waals surface area (Å²) in [6.07, 6.45) is 0.909. The minimum Gasteiger partial charge on any atom is -0.449 e. The lowest BCUT2D eigenvalue weighted by Gasteiger charge is -2.23. The van der Waals surface area contributed by atoms with E-state index in [1.54, 1.807) is 12.1 Å².